The summed E-state index contributed by atoms with van der Waals surface area (Å²) in [6.07, 6.45) is 0.827. The fraction of sp³-hybridized carbons (Fsp3) is 0.583. The highest BCUT2D eigenvalue weighted by Gasteiger charge is 2.15. The van der Waals surface area contributed by atoms with E-state index in [2.05, 4.69) is 0 Å². The number of alkyl halides is 1. The van der Waals surface area contributed by atoms with Gasteiger partial charge in [0, 0.05) is 23.8 Å². The maximum absolute atomic E-state index is 12.0. The molecule has 1 aromatic heterocycles. The Hall–Kier alpha value is -0.540. The fourth-order valence-corrected chi connectivity index (χ4v) is 2.47. The number of carbonyl (C=O) groups is 1. The topological polar surface area (TPSA) is 20.3 Å². The standard InChI is InChI=1S/C12H18ClNOS/c1-8-7-11(16-10(8)3)12(15)14(4)6-5-9(2)13/h7,9H,5-6H2,1-4H3. The molecule has 4 heteroatoms. The van der Waals surface area contributed by atoms with Crippen LogP contribution in [0.3, 0.4) is 0 Å². The number of rotatable bonds is 4. The predicted molar refractivity (Wildman–Crippen MR) is 70.7 cm³/mol. The van der Waals surface area contributed by atoms with Gasteiger partial charge in [0.05, 0.1) is 4.88 Å². The van der Waals surface area contributed by atoms with E-state index in [-0.39, 0.29) is 11.3 Å². The van der Waals surface area contributed by atoms with Crippen LogP contribution in [0.25, 0.3) is 0 Å². The Morgan fingerprint density at radius 3 is 2.62 bits per heavy atom. The summed E-state index contributed by atoms with van der Waals surface area (Å²) in [5.41, 5.74) is 1.19. The van der Waals surface area contributed by atoms with Gasteiger partial charge in [-0.2, -0.15) is 0 Å². The first-order valence-electron chi connectivity index (χ1n) is 5.38. The van der Waals surface area contributed by atoms with Crippen molar-refractivity contribution < 1.29 is 4.79 Å². The third kappa shape index (κ3) is 3.49. The average Bonchev–Trinajstić information content (AvgIpc) is 2.54. The Morgan fingerprint density at radius 2 is 2.19 bits per heavy atom. The lowest BCUT2D eigenvalue weighted by Gasteiger charge is -2.16. The molecular formula is C12H18ClNOS. The van der Waals surface area contributed by atoms with Crippen LogP contribution in [-0.4, -0.2) is 29.8 Å². The largest absolute Gasteiger partial charge is 0.341 e. The molecule has 16 heavy (non-hydrogen) atoms. The first-order valence-corrected chi connectivity index (χ1v) is 6.63. The zero-order chi connectivity index (χ0) is 12.3. The highest BCUT2D eigenvalue weighted by molar-refractivity contribution is 7.14. The second-order valence-electron chi connectivity index (χ2n) is 4.15. The van der Waals surface area contributed by atoms with E-state index >= 15 is 0 Å². The SMILES string of the molecule is Cc1cc(C(=O)N(C)CCC(C)Cl)sc1C. The minimum atomic E-state index is 0.0958. The quantitative estimate of drug-likeness (QED) is 0.759. The van der Waals surface area contributed by atoms with Crippen molar-refractivity contribution in [2.45, 2.75) is 32.6 Å². The molecule has 0 spiro atoms. The Labute approximate surface area is 106 Å². The minimum Gasteiger partial charge on any atom is -0.341 e. The normalized spacial score (nSPS) is 12.6. The predicted octanol–water partition coefficient (Wildman–Crippen LogP) is 3.45. The van der Waals surface area contributed by atoms with Gasteiger partial charge in [0.15, 0.2) is 0 Å². The molecule has 0 aromatic carbocycles. The van der Waals surface area contributed by atoms with Gasteiger partial charge in [0.25, 0.3) is 5.91 Å². The highest BCUT2D eigenvalue weighted by atomic mass is 35.5. The summed E-state index contributed by atoms with van der Waals surface area (Å²) in [5.74, 6) is 0.0958. The van der Waals surface area contributed by atoms with Crippen LogP contribution >= 0.6 is 22.9 Å². The Bertz CT molecular complexity index is 354. The van der Waals surface area contributed by atoms with Crippen LogP contribution in [0.1, 0.15) is 33.5 Å². The maximum Gasteiger partial charge on any atom is 0.263 e. The third-order valence-electron chi connectivity index (χ3n) is 2.59. The van der Waals surface area contributed by atoms with Gasteiger partial charge in [-0.3, -0.25) is 4.79 Å². The van der Waals surface area contributed by atoms with Gasteiger partial charge in [-0.05, 0) is 38.8 Å². The fourth-order valence-electron chi connectivity index (χ4n) is 1.34. The smallest absolute Gasteiger partial charge is 0.263 e. The molecule has 0 N–H and O–H groups in total. The zero-order valence-electron chi connectivity index (χ0n) is 10.2. The molecule has 0 saturated carbocycles. The summed E-state index contributed by atoms with van der Waals surface area (Å²) in [7, 11) is 1.83. The number of thiophene rings is 1. The van der Waals surface area contributed by atoms with E-state index in [1.807, 2.05) is 33.9 Å². The van der Waals surface area contributed by atoms with E-state index in [0.717, 1.165) is 11.3 Å². The van der Waals surface area contributed by atoms with Crippen LogP contribution < -0.4 is 0 Å². The van der Waals surface area contributed by atoms with Crippen molar-refractivity contribution in [1.82, 2.24) is 4.90 Å². The van der Waals surface area contributed by atoms with Gasteiger partial charge in [0.1, 0.15) is 0 Å². The number of carbonyl (C=O) groups excluding carboxylic acids is 1. The minimum absolute atomic E-state index is 0.0958. The Kier molecular flexibility index (Phi) is 4.81. The van der Waals surface area contributed by atoms with E-state index in [0.29, 0.717) is 6.54 Å². The lowest BCUT2D eigenvalue weighted by Crippen LogP contribution is -2.28. The number of hydrogen-bond donors (Lipinski definition) is 0. The van der Waals surface area contributed by atoms with Crippen molar-refractivity contribution in [2.75, 3.05) is 13.6 Å². The lowest BCUT2D eigenvalue weighted by atomic mass is 10.2. The number of amides is 1. The van der Waals surface area contributed by atoms with Gasteiger partial charge in [-0.1, -0.05) is 0 Å². The first-order chi connectivity index (χ1) is 7.41. The molecule has 0 fully saturated rings. The van der Waals surface area contributed by atoms with Crippen molar-refractivity contribution in [3.05, 3.63) is 21.4 Å². The molecule has 1 unspecified atom stereocenters. The number of aryl methyl sites for hydroxylation is 2. The molecule has 0 aliphatic heterocycles. The highest BCUT2D eigenvalue weighted by Crippen LogP contribution is 2.21. The van der Waals surface area contributed by atoms with Gasteiger partial charge in [-0.15, -0.1) is 22.9 Å². The molecule has 0 aliphatic carbocycles. The maximum atomic E-state index is 12.0. The molecule has 0 bridgehead atoms. The van der Waals surface area contributed by atoms with Crippen molar-refractivity contribution in [2.24, 2.45) is 0 Å². The molecule has 90 valence electrons. The zero-order valence-corrected chi connectivity index (χ0v) is 11.8. The molecule has 1 rings (SSSR count). The van der Waals surface area contributed by atoms with E-state index < -0.39 is 0 Å². The molecule has 0 aliphatic rings. The second kappa shape index (κ2) is 5.69. The van der Waals surface area contributed by atoms with E-state index in [1.54, 1.807) is 16.2 Å². The van der Waals surface area contributed by atoms with E-state index in [1.165, 1.54) is 10.4 Å². The molecule has 1 atom stereocenters. The van der Waals surface area contributed by atoms with Crippen LogP contribution in [0.5, 0.6) is 0 Å². The molecule has 1 amide bonds. The Morgan fingerprint density at radius 1 is 1.56 bits per heavy atom. The van der Waals surface area contributed by atoms with E-state index in [4.69, 9.17) is 11.6 Å². The van der Waals surface area contributed by atoms with Crippen LogP contribution in [0, 0.1) is 13.8 Å². The monoisotopic (exact) mass is 259 g/mol. The summed E-state index contributed by atoms with van der Waals surface area (Å²) in [6, 6.07) is 1.96. The van der Waals surface area contributed by atoms with Crippen LogP contribution in [0.4, 0.5) is 0 Å². The average molecular weight is 260 g/mol. The molecule has 0 saturated heterocycles. The number of nitrogens with zero attached hydrogens (tertiary/aromatic N) is 1. The van der Waals surface area contributed by atoms with Gasteiger partial charge in [-0.25, -0.2) is 0 Å². The summed E-state index contributed by atoms with van der Waals surface area (Å²) in [5, 5.41) is 0.113. The van der Waals surface area contributed by atoms with Crippen molar-refractivity contribution in [3.63, 3.8) is 0 Å². The summed E-state index contributed by atoms with van der Waals surface area (Å²) in [4.78, 5) is 15.8. The molecule has 0 radical (unpaired) electrons. The van der Waals surface area contributed by atoms with Crippen LogP contribution in [-0.2, 0) is 0 Å². The summed E-state index contributed by atoms with van der Waals surface area (Å²) >= 11 is 7.43. The second-order valence-corrected chi connectivity index (χ2v) is 6.15. The van der Waals surface area contributed by atoms with Gasteiger partial charge in [0.2, 0.25) is 0 Å². The molecular weight excluding hydrogens is 242 g/mol. The van der Waals surface area contributed by atoms with Gasteiger partial charge >= 0.3 is 0 Å². The lowest BCUT2D eigenvalue weighted by molar-refractivity contribution is 0.0798. The molecule has 2 nitrogen and oxygen atoms in total. The van der Waals surface area contributed by atoms with Crippen molar-refractivity contribution in [3.8, 4) is 0 Å². The number of halogens is 1. The molecule has 1 heterocycles. The Balaban J connectivity index is 2.63. The van der Waals surface area contributed by atoms with Gasteiger partial charge < -0.3 is 4.90 Å². The van der Waals surface area contributed by atoms with Crippen molar-refractivity contribution in [1.29, 1.82) is 0 Å². The van der Waals surface area contributed by atoms with E-state index in [9.17, 15) is 4.79 Å². The van der Waals surface area contributed by atoms with Crippen molar-refractivity contribution >= 4 is 28.8 Å². The first kappa shape index (κ1) is 13.5. The number of hydrogen-bond acceptors (Lipinski definition) is 2. The van der Waals surface area contributed by atoms with Crippen LogP contribution in [0.2, 0.25) is 0 Å². The third-order valence-corrected chi connectivity index (χ3v) is 3.94. The summed E-state index contributed by atoms with van der Waals surface area (Å²) < 4.78 is 0. The summed E-state index contributed by atoms with van der Waals surface area (Å²) in [6.45, 7) is 6.72. The molecule has 1 aromatic rings. The van der Waals surface area contributed by atoms with Crippen LogP contribution in [0.15, 0.2) is 6.07 Å².